The Morgan fingerprint density at radius 2 is 1.90 bits per heavy atom. The molecular weight excluding hydrogens is 489 g/mol. The average molecular weight is 530 g/mol. The number of aliphatic imine (C=N–C) groups is 1. The zero-order valence-electron chi connectivity index (χ0n) is 19.0. The lowest BCUT2D eigenvalue weighted by Gasteiger charge is -2.21. The molecule has 1 heterocycles. The monoisotopic (exact) mass is 529 g/mol. The number of benzene rings is 1. The summed E-state index contributed by atoms with van der Waals surface area (Å²) in [5.41, 5.74) is 2.44. The van der Waals surface area contributed by atoms with Crippen molar-refractivity contribution in [3.05, 3.63) is 29.3 Å². The van der Waals surface area contributed by atoms with Gasteiger partial charge in [0.1, 0.15) is 5.75 Å². The highest BCUT2D eigenvalue weighted by Crippen LogP contribution is 2.27. The van der Waals surface area contributed by atoms with E-state index in [-0.39, 0.29) is 24.0 Å². The first-order chi connectivity index (χ1) is 14.1. The quantitative estimate of drug-likeness (QED) is 0.323. The van der Waals surface area contributed by atoms with Gasteiger partial charge in [0.15, 0.2) is 5.96 Å². The number of guanidine groups is 1. The van der Waals surface area contributed by atoms with Crippen LogP contribution in [0.4, 0.5) is 0 Å². The van der Waals surface area contributed by atoms with E-state index in [1.54, 1.807) is 0 Å². The van der Waals surface area contributed by atoms with Crippen LogP contribution in [0.15, 0.2) is 23.2 Å². The first-order valence-electron chi connectivity index (χ1n) is 11.3. The minimum atomic E-state index is 0. The number of likely N-dealkylation sites (N-methyl/N-ethyl adjacent to an activating group) is 1. The fourth-order valence-electron chi connectivity index (χ4n) is 4.16. The predicted octanol–water partition coefficient (Wildman–Crippen LogP) is 3.24. The van der Waals surface area contributed by atoms with E-state index in [0.29, 0.717) is 6.10 Å². The Bertz CT molecular complexity index is 663. The van der Waals surface area contributed by atoms with Crippen molar-refractivity contribution in [1.29, 1.82) is 0 Å². The van der Waals surface area contributed by atoms with Gasteiger partial charge in [-0.05, 0) is 70.8 Å². The van der Waals surface area contributed by atoms with E-state index in [9.17, 15) is 0 Å². The van der Waals surface area contributed by atoms with Gasteiger partial charge in [0.25, 0.3) is 0 Å². The second-order valence-electron chi connectivity index (χ2n) is 8.49. The van der Waals surface area contributed by atoms with Gasteiger partial charge >= 0.3 is 0 Å². The van der Waals surface area contributed by atoms with Crippen molar-refractivity contribution in [3.63, 3.8) is 0 Å². The minimum absolute atomic E-state index is 0. The predicted molar refractivity (Wildman–Crippen MR) is 136 cm³/mol. The van der Waals surface area contributed by atoms with Gasteiger partial charge in [-0.25, -0.2) is 0 Å². The number of hydrogen-bond acceptors (Lipinski definition) is 4. The van der Waals surface area contributed by atoms with Gasteiger partial charge in [-0.2, -0.15) is 0 Å². The Morgan fingerprint density at radius 1 is 1.10 bits per heavy atom. The standard InChI is InChI=1S/C23H39N5O.HI/c1-19-9-10-20(22(17-19)29-21-7-4-5-8-21)18-26-23(24-2)25-11-14-28-13-6-12-27(3)15-16-28;/h9-10,17,21H,4-8,11-16,18H2,1-3H3,(H2,24,25,26);1H. The molecule has 2 fully saturated rings. The molecule has 0 aromatic heterocycles. The number of nitrogens with one attached hydrogen (secondary N) is 2. The largest absolute Gasteiger partial charge is 0.490 e. The molecule has 0 unspecified atom stereocenters. The van der Waals surface area contributed by atoms with Crippen molar-refractivity contribution < 1.29 is 4.74 Å². The van der Waals surface area contributed by atoms with Crippen LogP contribution in [0.1, 0.15) is 43.2 Å². The van der Waals surface area contributed by atoms with E-state index in [4.69, 9.17) is 4.74 Å². The third kappa shape index (κ3) is 8.23. The molecule has 2 aliphatic rings. The third-order valence-corrected chi connectivity index (χ3v) is 6.02. The van der Waals surface area contributed by atoms with E-state index < -0.39 is 0 Å². The zero-order valence-corrected chi connectivity index (χ0v) is 21.3. The van der Waals surface area contributed by atoms with Gasteiger partial charge in [0.2, 0.25) is 0 Å². The van der Waals surface area contributed by atoms with Crippen LogP contribution in [0, 0.1) is 6.92 Å². The summed E-state index contributed by atoms with van der Waals surface area (Å²) in [6.45, 7) is 9.49. The van der Waals surface area contributed by atoms with E-state index in [1.165, 1.54) is 56.3 Å². The molecule has 2 N–H and O–H groups in total. The lowest BCUT2D eigenvalue weighted by Crippen LogP contribution is -2.42. The van der Waals surface area contributed by atoms with Crippen LogP contribution in [0.2, 0.25) is 0 Å². The Kier molecular flexibility index (Phi) is 11.2. The summed E-state index contributed by atoms with van der Waals surface area (Å²) in [6.07, 6.45) is 6.55. The zero-order chi connectivity index (χ0) is 20.5. The number of nitrogens with zero attached hydrogens (tertiary/aromatic N) is 3. The molecule has 3 rings (SSSR count). The van der Waals surface area contributed by atoms with Crippen molar-refractivity contribution in [2.45, 2.75) is 51.7 Å². The fourth-order valence-corrected chi connectivity index (χ4v) is 4.16. The molecule has 7 heteroatoms. The van der Waals surface area contributed by atoms with E-state index in [1.807, 2.05) is 7.05 Å². The Morgan fingerprint density at radius 3 is 2.67 bits per heavy atom. The number of rotatable bonds is 7. The first kappa shape index (κ1) is 25.2. The molecule has 6 nitrogen and oxygen atoms in total. The molecule has 0 atom stereocenters. The second kappa shape index (κ2) is 13.4. The molecule has 1 saturated heterocycles. The average Bonchev–Trinajstić information content (AvgIpc) is 3.13. The van der Waals surface area contributed by atoms with Crippen LogP contribution in [0.5, 0.6) is 5.75 Å². The number of ether oxygens (including phenoxy) is 1. The minimum Gasteiger partial charge on any atom is -0.490 e. The maximum atomic E-state index is 6.32. The molecule has 170 valence electrons. The summed E-state index contributed by atoms with van der Waals surface area (Å²) in [6, 6.07) is 6.50. The fraction of sp³-hybridized carbons (Fsp3) is 0.696. The second-order valence-corrected chi connectivity index (χ2v) is 8.49. The molecule has 30 heavy (non-hydrogen) atoms. The van der Waals surface area contributed by atoms with Gasteiger partial charge < -0.3 is 25.2 Å². The van der Waals surface area contributed by atoms with Crippen LogP contribution < -0.4 is 15.4 Å². The van der Waals surface area contributed by atoms with Crippen molar-refractivity contribution in [2.75, 3.05) is 53.4 Å². The normalized spacial score (nSPS) is 19.2. The van der Waals surface area contributed by atoms with Gasteiger partial charge in [-0.1, -0.05) is 12.1 Å². The lowest BCUT2D eigenvalue weighted by atomic mass is 10.1. The van der Waals surface area contributed by atoms with E-state index >= 15 is 0 Å². The molecule has 0 amide bonds. The highest BCUT2D eigenvalue weighted by Gasteiger charge is 2.18. The molecule has 0 radical (unpaired) electrons. The van der Waals surface area contributed by atoms with Gasteiger partial charge in [-0.15, -0.1) is 24.0 Å². The van der Waals surface area contributed by atoms with Crippen LogP contribution in [-0.2, 0) is 6.54 Å². The van der Waals surface area contributed by atoms with Crippen molar-refractivity contribution in [2.24, 2.45) is 4.99 Å². The van der Waals surface area contributed by atoms with Gasteiger partial charge in [-0.3, -0.25) is 4.99 Å². The molecule has 0 bridgehead atoms. The molecule has 1 saturated carbocycles. The summed E-state index contributed by atoms with van der Waals surface area (Å²) < 4.78 is 6.32. The van der Waals surface area contributed by atoms with Crippen LogP contribution in [-0.4, -0.2) is 75.2 Å². The maximum absolute atomic E-state index is 6.32. The summed E-state index contributed by atoms with van der Waals surface area (Å²) in [5.74, 6) is 1.87. The molecule has 1 aliphatic carbocycles. The van der Waals surface area contributed by atoms with Crippen LogP contribution >= 0.6 is 24.0 Å². The van der Waals surface area contributed by atoms with Crippen molar-refractivity contribution >= 4 is 29.9 Å². The third-order valence-electron chi connectivity index (χ3n) is 6.02. The molecule has 1 aromatic rings. The highest BCUT2D eigenvalue weighted by molar-refractivity contribution is 14.0. The number of hydrogen-bond donors (Lipinski definition) is 2. The number of halogens is 1. The van der Waals surface area contributed by atoms with Crippen molar-refractivity contribution in [3.8, 4) is 5.75 Å². The van der Waals surface area contributed by atoms with Gasteiger partial charge in [0, 0.05) is 45.3 Å². The summed E-state index contributed by atoms with van der Waals surface area (Å²) in [7, 11) is 4.05. The van der Waals surface area contributed by atoms with E-state index in [0.717, 1.165) is 44.4 Å². The van der Waals surface area contributed by atoms with Crippen LogP contribution in [0.3, 0.4) is 0 Å². The molecular formula is C23H40IN5O. The Labute approximate surface area is 199 Å². The highest BCUT2D eigenvalue weighted by atomic mass is 127. The summed E-state index contributed by atoms with van der Waals surface area (Å²) in [4.78, 5) is 9.35. The smallest absolute Gasteiger partial charge is 0.191 e. The topological polar surface area (TPSA) is 52.1 Å². The van der Waals surface area contributed by atoms with Gasteiger partial charge in [0.05, 0.1) is 6.10 Å². The van der Waals surface area contributed by atoms with E-state index in [2.05, 4.69) is 57.6 Å². The lowest BCUT2D eigenvalue weighted by molar-refractivity contribution is 0.207. The Hall–Kier alpha value is -1.06. The summed E-state index contributed by atoms with van der Waals surface area (Å²) in [5, 5.41) is 6.93. The molecule has 0 spiro atoms. The maximum Gasteiger partial charge on any atom is 0.191 e. The summed E-state index contributed by atoms with van der Waals surface area (Å²) >= 11 is 0. The van der Waals surface area contributed by atoms with Crippen molar-refractivity contribution in [1.82, 2.24) is 20.4 Å². The van der Waals surface area contributed by atoms with Crippen LogP contribution in [0.25, 0.3) is 0 Å². The SMILES string of the molecule is CN=C(NCCN1CCCN(C)CC1)NCc1ccc(C)cc1OC1CCCC1.I. The number of aryl methyl sites for hydroxylation is 1. The Balaban J connectivity index is 0.00000320. The molecule has 1 aliphatic heterocycles. The molecule has 1 aromatic carbocycles. The first-order valence-corrected chi connectivity index (χ1v) is 11.3.